The molecule has 0 N–H and O–H groups in total. The zero-order valence-corrected chi connectivity index (χ0v) is 5.79. The van der Waals surface area contributed by atoms with Gasteiger partial charge in [0.1, 0.15) is 0 Å². The van der Waals surface area contributed by atoms with Gasteiger partial charge in [0.05, 0.1) is 0 Å². The highest BCUT2D eigenvalue weighted by Crippen LogP contribution is 2.15. The molecular weight excluding hydrogens is 132 g/mol. The Hall–Kier alpha value is -0.960. The number of carbonyl (C=O) groups excluding carboxylic acids is 1. The third-order valence-corrected chi connectivity index (χ3v) is 1.06. The molecule has 1 saturated heterocycles. The van der Waals surface area contributed by atoms with Crippen LogP contribution in [0.5, 0.6) is 0 Å². The molecule has 0 bridgehead atoms. The molecule has 0 aromatic rings. The van der Waals surface area contributed by atoms with E-state index in [1.807, 2.05) is 0 Å². The summed E-state index contributed by atoms with van der Waals surface area (Å²) in [5.41, 5.74) is 0.417. The lowest BCUT2D eigenvalue weighted by Gasteiger charge is -1.96. The Kier molecular flexibility index (Phi) is 1.97. The Labute approximate surface area is 59.6 Å². The van der Waals surface area contributed by atoms with E-state index < -0.39 is 0 Å². The largest absolute Gasteiger partial charge is 0.454 e. The van der Waals surface area contributed by atoms with Crippen molar-refractivity contribution in [2.45, 2.75) is 13.0 Å². The number of hydrogen-bond donors (Lipinski definition) is 0. The highest BCUT2D eigenvalue weighted by Gasteiger charge is 2.40. The number of rotatable bonds is 3. The monoisotopic (exact) mass is 141 g/mol. The van der Waals surface area contributed by atoms with Gasteiger partial charge in [-0.2, -0.15) is 0 Å². The lowest BCUT2D eigenvalue weighted by atomic mass is 10.4. The predicted octanol–water partition coefficient (Wildman–Crippen LogP) is 0.666. The smallest absolute Gasteiger partial charge is 0.333 e. The van der Waals surface area contributed by atoms with Crippen LogP contribution < -0.4 is 0 Å². The van der Waals surface area contributed by atoms with E-state index in [1.165, 1.54) is 0 Å². The quantitative estimate of drug-likeness (QED) is 0.251. The fourth-order valence-corrected chi connectivity index (χ4v) is 0.415. The van der Waals surface area contributed by atoms with E-state index in [0.29, 0.717) is 12.2 Å². The highest BCUT2D eigenvalue weighted by molar-refractivity contribution is 5.86. The van der Waals surface area contributed by atoms with Gasteiger partial charge in [-0.15, -0.1) is 4.74 Å². The molecule has 0 spiro atoms. The molecule has 1 atom stereocenters. The third-order valence-electron chi connectivity index (χ3n) is 1.06. The van der Waals surface area contributed by atoms with Crippen LogP contribution in [0.25, 0.3) is 0 Å². The van der Waals surface area contributed by atoms with Gasteiger partial charge in [0.2, 0.25) is 0 Å². The Morgan fingerprint density at radius 2 is 2.50 bits per heavy atom. The lowest BCUT2D eigenvalue weighted by molar-refractivity contribution is -0.139. The summed E-state index contributed by atoms with van der Waals surface area (Å²) in [5.74, 6) is -0.357. The van der Waals surface area contributed by atoms with Gasteiger partial charge in [-0.25, -0.2) is 4.79 Å². The maximum absolute atomic E-state index is 10.7. The van der Waals surface area contributed by atoms with Gasteiger partial charge in [-0.1, -0.05) is 6.58 Å². The first-order chi connectivity index (χ1) is 4.70. The van der Waals surface area contributed by atoms with Crippen molar-refractivity contribution in [2.24, 2.45) is 0 Å². The number of esters is 1. The fourth-order valence-electron chi connectivity index (χ4n) is 0.415. The first kappa shape index (κ1) is 7.15. The number of epoxide rings is 1. The van der Waals surface area contributed by atoms with Crippen molar-refractivity contribution < 1.29 is 14.3 Å². The average Bonchev–Trinajstić information content (AvgIpc) is 2.64. The van der Waals surface area contributed by atoms with Gasteiger partial charge in [-0.05, 0) is 6.92 Å². The van der Waals surface area contributed by atoms with Crippen molar-refractivity contribution in [3.63, 3.8) is 0 Å². The van der Waals surface area contributed by atoms with Crippen molar-refractivity contribution in [3.05, 3.63) is 18.8 Å². The van der Waals surface area contributed by atoms with Crippen molar-refractivity contribution in [1.29, 1.82) is 0 Å². The topological polar surface area (TPSA) is 38.8 Å². The van der Waals surface area contributed by atoms with Crippen molar-refractivity contribution >= 4 is 5.97 Å². The van der Waals surface area contributed by atoms with E-state index in [1.54, 1.807) is 13.5 Å². The minimum atomic E-state index is -0.357. The van der Waals surface area contributed by atoms with E-state index >= 15 is 0 Å². The Bertz CT molecular complexity index is 158. The molecule has 54 valence electrons. The number of ether oxygens (including phenoxy) is 2. The minimum absolute atomic E-state index is 0.0169. The zero-order chi connectivity index (χ0) is 7.56. The van der Waals surface area contributed by atoms with Gasteiger partial charge in [0.15, 0.2) is 6.61 Å². The summed E-state index contributed by atoms with van der Waals surface area (Å²) in [7, 11) is 0. The standard InChI is InChI=1S/C7H9O3/c1-5(2)7(8)10-4-6-3-9-6/h3,6H,1,4H2,2H3/q+1. The molecular formula is C7H9O3+. The molecule has 1 aliphatic rings. The van der Waals surface area contributed by atoms with Crippen LogP contribution in [-0.2, 0) is 14.3 Å². The molecule has 1 rings (SSSR count). The van der Waals surface area contributed by atoms with Gasteiger partial charge >= 0.3 is 12.1 Å². The SMILES string of the molecule is C=C(C)C(=O)OCC1[CH+]O1. The molecule has 0 aromatic carbocycles. The van der Waals surface area contributed by atoms with Gasteiger partial charge < -0.3 is 4.74 Å². The van der Waals surface area contributed by atoms with Crippen LogP contribution in [0, 0.1) is 6.61 Å². The van der Waals surface area contributed by atoms with Crippen LogP contribution in [0.3, 0.4) is 0 Å². The second-order valence-corrected chi connectivity index (χ2v) is 2.19. The Balaban J connectivity index is 2.11. The number of hydrogen-bond acceptors (Lipinski definition) is 3. The molecule has 0 aromatic heterocycles. The van der Waals surface area contributed by atoms with Crippen LogP contribution in [0.1, 0.15) is 6.92 Å². The van der Waals surface area contributed by atoms with Crippen molar-refractivity contribution in [1.82, 2.24) is 0 Å². The second kappa shape index (κ2) is 2.75. The van der Waals surface area contributed by atoms with Gasteiger partial charge in [-0.3, -0.25) is 0 Å². The van der Waals surface area contributed by atoms with E-state index in [2.05, 4.69) is 6.58 Å². The molecule has 3 heteroatoms. The molecule has 1 unspecified atom stereocenters. The predicted molar refractivity (Wildman–Crippen MR) is 34.9 cm³/mol. The van der Waals surface area contributed by atoms with E-state index in [0.717, 1.165) is 0 Å². The summed E-state index contributed by atoms with van der Waals surface area (Å²) in [6, 6.07) is 0. The zero-order valence-electron chi connectivity index (χ0n) is 5.79. The van der Waals surface area contributed by atoms with Crippen LogP contribution in [0.4, 0.5) is 0 Å². The number of carbonyl (C=O) groups is 1. The summed E-state index contributed by atoms with van der Waals surface area (Å²) < 4.78 is 9.44. The molecule has 1 aliphatic heterocycles. The van der Waals surface area contributed by atoms with Crippen molar-refractivity contribution in [3.8, 4) is 0 Å². The summed E-state index contributed by atoms with van der Waals surface area (Å²) in [6.45, 7) is 6.97. The molecule has 0 radical (unpaired) electrons. The first-order valence-electron chi connectivity index (χ1n) is 3.01. The fraction of sp³-hybridized carbons (Fsp3) is 0.429. The molecule has 0 amide bonds. The van der Waals surface area contributed by atoms with E-state index in [-0.39, 0.29) is 12.1 Å². The molecule has 10 heavy (non-hydrogen) atoms. The van der Waals surface area contributed by atoms with Gasteiger partial charge in [0.25, 0.3) is 6.61 Å². The normalized spacial score (nSPS) is 21.1. The highest BCUT2D eigenvalue weighted by atomic mass is 16.6. The van der Waals surface area contributed by atoms with E-state index in [9.17, 15) is 4.79 Å². The first-order valence-corrected chi connectivity index (χ1v) is 3.01. The van der Waals surface area contributed by atoms with Crippen LogP contribution in [0.2, 0.25) is 0 Å². The van der Waals surface area contributed by atoms with Crippen molar-refractivity contribution in [2.75, 3.05) is 6.61 Å². The molecule has 1 fully saturated rings. The Morgan fingerprint density at radius 1 is 1.90 bits per heavy atom. The van der Waals surface area contributed by atoms with Gasteiger partial charge in [0, 0.05) is 5.57 Å². The lowest BCUT2D eigenvalue weighted by Crippen LogP contribution is -2.09. The van der Waals surface area contributed by atoms with E-state index in [4.69, 9.17) is 9.47 Å². The molecule has 1 heterocycles. The summed E-state index contributed by atoms with van der Waals surface area (Å²) in [5, 5.41) is 0. The maximum Gasteiger partial charge on any atom is 0.333 e. The molecule has 3 nitrogen and oxygen atoms in total. The summed E-state index contributed by atoms with van der Waals surface area (Å²) in [4.78, 5) is 10.7. The van der Waals surface area contributed by atoms with Crippen LogP contribution in [-0.4, -0.2) is 18.7 Å². The second-order valence-electron chi connectivity index (χ2n) is 2.19. The van der Waals surface area contributed by atoms with Crippen LogP contribution in [0.15, 0.2) is 12.2 Å². The summed E-state index contributed by atoms with van der Waals surface area (Å²) in [6.07, 6.45) is 0.0169. The third kappa shape index (κ3) is 2.11. The maximum atomic E-state index is 10.7. The molecule has 0 aliphatic carbocycles. The molecule has 0 saturated carbocycles. The van der Waals surface area contributed by atoms with Crippen LogP contribution >= 0.6 is 0 Å². The summed E-state index contributed by atoms with van der Waals surface area (Å²) >= 11 is 0. The minimum Gasteiger partial charge on any atom is -0.454 e. The average molecular weight is 141 g/mol. The Morgan fingerprint density at radius 3 is 2.90 bits per heavy atom.